The van der Waals surface area contributed by atoms with Gasteiger partial charge in [-0.05, 0) is 89.9 Å². The molecule has 4 aromatic rings. The Kier molecular flexibility index (Phi) is 6.76. The molecule has 2 N–H and O–H groups in total. The number of benzene rings is 3. The molecule has 2 aliphatic rings. The highest BCUT2D eigenvalue weighted by atomic mass is 16.5. The van der Waals surface area contributed by atoms with Crippen molar-refractivity contribution in [1.82, 2.24) is 4.98 Å². The number of esters is 1. The number of fused-ring (bicyclic) bond motifs is 3. The van der Waals surface area contributed by atoms with Crippen LogP contribution in [0.2, 0.25) is 0 Å². The fourth-order valence-corrected chi connectivity index (χ4v) is 6.86. The van der Waals surface area contributed by atoms with Crippen LogP contribution >= 0.6 is 0 Å². The first-order valence-corrected chi connectivity index (χ1v) is 14.2. The molecule has 0 aliphatic heterocycles. The molecule has 6 rings (SSSR count). The summed E-state index contributed by atoms with van der Waals surface area (Å²) in [5.41, 5.74) is 13.3. The van der Waals surface area contributed by atoms with Crippen molar-refractivity contribution in [2.75, 3.05) is 12.3 Å². The summed E-state index contributed by atoms with van der Waals surface area (Å²) in [6.45, 7) is 4.24. The molecule has 5 heteroatoms. The van der Waals surface area contributed by atoms with Gasteiger partial charge in [-0.25, -0.2) is 4.98 Å². The van der Waals surface area contributed by atoms with Crippen molar-refractivity contribution in [1.29, 1.82) is 0 Å². The van der Waals surface area contributed by atoms with Crippen LogP contribution in [0.15, 0.2) is 66.9 Å². The first kappa shape index (κ1) is 25.4. The van der Waals surface area contributed by atoms with Gasteiger partial charge in [0.05, 0.1) is 13.0 Å². The van der Waals surface area contributed by atoms with E-state index in [0.717, 1.165) is 45.2 Å². The van der Waals surface area contributed by atoms with Gasteiger partial charge in [0.25, 0.3) is 0 Å². The van der Waals surface area contributed by atoms with E-state index in [1.807, 2.05) is 50.2 Å². The van der Waals surface area contributed by atoms with Crippen molar-refractivity contribution in [2.24, 2.45) is 0 Å². The van der Waals surface area contributed by atoms with Crippen molar-refractivity contribution in [3.05, 3.63) is 89.1 Å². The van der Waals surface area contributed by atoms with Gasteiger partial charge in [-0.15, -0.1) is 0 Å². The zero-order valence-corrected chi connectivity index (χ0v) is 22.8. The summed E-state index contributed by atoms with van der Waals surface area (Å²) in [6.07, 6.45) is 9.07. The van der Waals surface area contributed by atoms with Crippen LogP contribution in [0, 0.1) is 6.92 Å². The van der Waals surface area contributed by atoms with E-state index in [1.54, 1.807) is 6.20 Å². The van der Waals surface area contributed by atoms with E-state index < -0.39 is 0 Å². The number of hydrogen-bond acceptors (Lipinski definition) is 5. The Morgan fingerprint density at radius 2 is 1.85 bits per heavy atom. The normalized spacial score (nSPS) is 17.7. The van der Waals surface area contributed by atoms with Crippen LogP contribution in [0.1, 0.15) is 73.8 Å². The van der Waals surface area contributed by atoms with Crippen LogP contribution < -0.4 is 10.5 Å². The first-order valence-electron chi connectivity index (χ1n) is 14.2. The Bertz CT molecular complexity index is 1540. The van der Waals surface area contributed by atoms with Gasteiger partial charge in [-0.2, -0.15) is 0 Å². The minimum Gasteiger partial charge on any atom is -0.485 e. The Hall–Kier alpha value is -3.86. The van der Waals surface area contributed by atoms with Crippen LogP contribution in [0.25, 0.3) is 21.9 Å². The molecule has 2 aliphatic carbocycles. The van der Waals surface area contributed by atoms with Crippen LogP contribution in [0.4, 0.5) is 5.82 Å². The zero-order chi connectivity index (χ0) is 27.0. The maximum Gasteiger partial charge on any atom is 0.310 e. The summed E-state index contributed by atoms with van der Waals surface area (Å²) in [7, 11) is 0. The lowest BCUT2D eigenvalue weighted by Crippen LogP contribution is -2.26. The molecule has 1 atom stereocenters. The fraction of sp³-hybridized carbons (Fsp3) is 0.353. The average Bonchev–Trinajstić information content (AvgIpc) is 3.22. The van der Waals surface area contributed by atoms with Gasteiger partial charge in [0.2, 0.25) is 0 Å². The van der Waals surface area contributed by atoms with Crippen molar-refractivity contribution in [2.45, 2.75) is 70.3 Å². The minimum absolute atomic E-state index is 0.0810. The number of carbonyl (C=O) groups excluding carboxylic acids is 1. The molecule has 5 nitrogen and oxygen atoms in total. The van der Waals surface area contributed by atoms with Gasteiger partial charge >= 0.3 is 5.97 Å². The third-order valence-electron chi connectivity index (χ3n) is 8.77. The third-order valence-corrected chi connectivity index (χ3v) is 8.77. The summed E-state index contributed by atoms with van der Waals surface area (Å²) in [5.74, 6) is 1.10. The van der Waals surface area contributed by atoms with E-state index in [2.05, 4.69) is 29.2 Å². The van der Waals surface area contributed by atoms with E-state index in [1.165, 1.54) is 43.2 Å². The molecular weight excluding hydrogens is 484 g/mol. The quantitative estimate of drug-likeness (QED) is 0.265. The molecular formula is C34H36N2O3. The molecule has 0 saturated heterocycles. The predicted octanol–water partition coefficient (Wildman–Crippen LogP) is 7.62. The van der Waals surface area contributed by atoms with E-state index in [0.29, 0.717) is 12.4 Å². The number of aryl methyl sites for hydroxylation is 1. The van der Waals surface area contributed by atoms with E-state index in [9.17, 15) is 4.79 Å². The molecule has 200 valence electrons. The maximum absolute atomic E-state index is 12.4. The molecule has 1 fully saturated rings. The molecule has 39 heavy (non-hydrogen) atoms. The van der Waals surface area contributed by atoms with Gasteiger partial charge in [0.15, 0.2) is 0 Å². The molecule has 3 aromatic carbocycles. The smallest absolute Gasteiger partial charge is 0.310 e. The molecule has 1 unspecified atom stereocenters. The number of aromatic nitrogens is 1. The second-order valence-corrected chi connectivity index (χ2v) is 11.1. The molecule has 1 spiro atoms. The van der Waals surface area contributed by atoms with Gasteiger partial charge in [0.1, 0.15) is 17.7 Å². The molecule has 0 radical (unpaired) electrons. The monoisotopic (exact) mass is 520 g/mol. The van der Waals surface area contributed by atoms with Crippen molar-refractivity contribution in [3.63, 3.8) is 0 Å². The number of rotatable bonds is 6. The van der Waals surface area contributed by atoms with Gasteiger partial charge in [-0.3, -0.25) is 4.79 Å². The van der Waals surface area contributed by atoms with Crippen LogP contribution in [-0.2, 0) is 21.4 Å². The first-order chi connectivity index (χ1) is 19.0. The Balaban J connectivity index is 1.43. The molecule has 1 heterocycles. The summed E-state index contributed by atoms with van der Waals surface area (Å²) >= 11 is 0. The summed E-state index contributed by atoms with van der Waals surface area (Å²) < 4.78 is 12.2. The Morgan fingerprint density at radius 1 is 1.03 bits per heavy atom. The lowest BCUT2D eigenvalue weighted by molar-refractivity contribution is -0.142. The number of nitrogens with zero attached hydrogens (tertiary/aromatic N) is 1. The lowest BCUT2D eigenvalue weighted by atomic mass is 9.70. The Labute approximate surface area is 230 Å². The Morgan fingerprint density at radius 3 is 2.67 bits per heavy atom. The third kappa shape index (κ3) is 4.64. The standard InChI is InChI=1S/C34H36N2O3/c1-3-38-32(37)20-27-22(2)9-7-12-30(27)39-31-21-34(16-5-4-6-17-34)29-14-13-23(19-28(29)31)24-10-8-11-26-25(24)15-18-36-33(26)35/h7-15,18-19,31H,3-6,16-17,20-21H2,1-2H3,(H2,35,36). The topological polar surface area (TPSA) is 74.4 Å². The molecule has 0 bridgehead atoms. The molecule has 1 aromatic heterocycles. The minimum atomic E-state index is -0.223. The molecule has 0 amide bonds. The van der Waals surface area contributed by atoms with Crippen LogP contribution in [0.3, 0.4) is 0 Å². The number of anilines is 1. The van der Waals surface area contributed by atoms with Crippen molar-refractivity contribution < 1.29 is 14.3 Å². The SMILES string of the molecule is CCOC(=O)Cc1c(C)cccc1OC1CC2(CCCCC2)c2ccc(-c3cccc4c(N)nccc34)cc21. The number of pyridine rings is 1. The second-order valence-electron chi connectivity index (χ2n) is 11.1. The second kappa shape index (κ2) is 10.4. The van der Waals surface area contributed by atoms with E-state index in [4.69, 9.17) is 15.2 Å². The van der Waals surface area contributed by atoms with Gasteiger partial charge in [0, 0.05) is 17.1 Å². The fourth-order valence-electron chi connectivity index (χ4n) is 6.86. The van der Waals surface area contributed by atoms with Crippen molar-refractivity contribution in [3.8, 4) is 16.9 Å². The lowest BCUT2D eigenvalue weighted by Gasteiger charge is -2.34. The number of ether oxygens (including phenoxy) is 2. The number of hydrogen-bond donors (Lipinski definition) is 1. The number of carbonyl (C=O) groups is 1. The number of nitrogens with two attached hydrogens (primary N) is 1. The molecule has 1 saturated carbocycles. The van der Waals surface area contributed by atoms with Gasteiger partial charge < -0.3 is 15.2 Å². The summed E-state index contributed by atoms with van der Waals surface area (Å²) in [6, 6.07) is 21.3. The largest absolute Gasteiger partial charge is 0.485 e. The summed E-state index contributed by atoms with van der Waals surface area (Å²) in [4.78, 5) is 16.7. The van der Waals surface area contributed by atoms with E-state index in [-0.39, 0.29) is 23.9 Å². The van der Waals surface area contributed by atoms with Crippen LogP contribution in [0.5, 0.6) is 5.75 Å². The number of nitrogen functional groups attached to an aromatic ring is 1. The van der Waals surface area contributed by atoms with E-state index >= 15 is 0 Å². The van der Waals surface area contributed by atoms with Gasteiger partial charge in [-0.1, -0.05) is 61.7 Å². The highest BCUT2D eigenvalue weighted by Gasteiger charge is 2.45. The maximum atomic E-state index is 12.4. The van der Waals surface area contributed by atoms with Crippen LogP contribution in [-0.4, -0.2) is 17.6 Å². The summed E-state index contributed by atoms with van der Waals surface area (Å²) in [5, 5.41) is 2.07. The van der Waals surface area contributed by atoms with Crippen molar-refractivity contribution >= 4 is 22.6 Å². The highest BCUT2D eigenvalue weighted by Crippen LogP contribution is 2.55. The average molecular weight is 521 g/mol. The highest BCUT2D eigenvalue weighted by molar-refractivity contribution is 6.01. The zero-order valence-electron chi connectivity index (χ0n) is 22.8. The predicted molar refractivity (Wildman–Crippen MR) is 156 cm³/mol.